The Balaban J connectivity index is 1.47. The molecule has 134 valence electrons. The van der Waals surface area contributed by atoms with Gasteiger partial charge in [0, 0.05) is 37.0 Å². The van der Waals surface area contributed by atoms with Crippen LogP contribution in [0.1, 0.15) is 54.8 Å². The lowest BCUT2D eigenvalue weighted by atomic mass is 9.99. The molecule has 2 aromatic rings. The SMILES string of the molecule is CC(=O)NC1(c2nc(C)cs2)CCN(Cc2ccc(C3CC3C)o2)C1. The molecule has 0 radical (unpaired) electrons. The van der Waals surface area contributed by atoms with E-state index in [0.717, 1.165) is 54.2 Å². The molecule has 1 saturated carbocycles. The number of thiazole rings is 1. The van der Waals surface area contributed by atoms with E-state index in [4.69, 9.17) is 4.42 Å². The highest BCUT2D eigenvalue weighted by molar-refractivity contribution is 7.09. The van der Waals surface area contributed by atoms with Gasteiger partial charge >= 0.3 is 0 Å². The normalized spacial score (nSPS) is 29.1. The maximum atomic E-state index is 11.8. The van der Waals surface area contributed by atoms with E-state index in [-0.39, 0.29) is 11.4 Å². The first-order valence-electron chi connectivity index (χ1n) is 8.97. The van der Waals surface area contributed by atoms with Crippen molar-refractivity contribution >= 4 is 17.2 Å². The van der Waals surface area contributed by atoms with Crippen LogP contribution in [0.5, 0.6) is 0 Å². The summed E-state index contributed by atoms with van der Waals surface area (Å²) in [5, 5.41) is 6.24. The Morgan fingerprint density at radius 2 is 2.32 bits per heavy atom. The lowest BCUT2D eigenvalue weighted by Gasteiger charge is -2.28. The summed E-state index contributed by atoms with van der Waals surface area (Å²) in [6.07, 6.45) is 2.12. The van der Waals surface area contributed by atoms with Gasteiger partial charge in [0.15, 0.2) is 0 Å². The van der Waals surface area contributed by atoms with Gasteiger partial charge in [0.25, 0.3) is 0 Å². The molecule has 5 nitrogen and oxygen atoms in total. The molecular weight excluding hydrogens is 334 g/mol. The monoisotopic (exact) mass is 359 g/mol. The molecule has 1 amide bonds. The predicted octanol–water partition coefficient (Wildman–Crippen LogP) is 3.41. The first kappa shape index (κ1) is 16.8. The number of carbonyl (C=O) groups excluding carboxylic acids is 1. The molecule has 2 aromatic heterocycles. The molecule has 3 unspecified atom stereocenters. The van der Waals surface area contributed by atoms with Crippen molar-refractivity contribution in [2.24, 2.45) is 5.92 Å². The van der Waals surface area contributed by atoms with Gasteiger partial charge in [0.05, 0.1) is 6.54 Å². The number of hydrogen-bond donors (Lipinski definition) is 1. The fourth-order valence-corrected chi connectivity index (χ4v) is 4.86. The van der Waals surface area contributed by atoms with Gasteiger partial charge in [-0.3, -0.25) is 9.69 Å². The van der Waals surface area contributed by atoms with Crippen LogP contribution in [0.15, 0.2) is 21.9 Å². The lowest BCUT2D eigenvalue weighted by molar-refractivity contribution is -0.120. The molecule has 6 heteroatoms. The molecule has 0 bridgehead atoms. The Hall–Kier alpha value is -1.66. The number of carbonyl (C=O) groups is 1. The van der Waals surface area contributed by atoms with Crippen molar-refractivity contribution in [2.45, 2.75) is 51.6 Å². The lowest BCUT2D eigenvalue weighted by Crippen LogP contribution is -2.47. The van der Waals surface area contributed by atoms with Crippen LogP contribution in [-0.2, 0) is 16.9 Å². The maximum absolute atomic E-state index is 11.8. The van der Waals surface area contributed by atoms with Crippen molar-refractivity contribution in [2.75, 3.05) is 13.1 Å². The number of furan rings is 1. The molecule has 1 N–H and O–H groups in total. The Morgan fingerprint density at radius 1 is 1.52 bits per heavy atom. The average molecular weight is 359 g/mol. The fourth-order valence-electron chi connectivity index (χ4n) is 3.88. The Bertz CT molecular complexity index is 783. The van der Waals surface area contributed by atoms with E-state index < -0.39 is 0 Å². The highest BCUT2D eigenvalue weighted by Gasteiger charge is 2.43. The van der Waals surface area contributed by atoms with E-state index in [0.29, 0.717) is 5.92 Å². The number of likely N-dealkylation sites (tertiary alicyclic amines) is 1. The van der Waals surface area contributed by atoms with Gasteiger partial charge in [0.1, 0.15) is 22.1 Å². The topological polar surface area (TPSA) is 58.4 Å². The molecule has 4 rings (SSSR count). The summed E-state index contributed by atoms with van der Waals surface area (Å²) in [5.41, 5.74) is 0.642. The minimum absolute atomic E-state index is 0.00212. The first-order valence-corrected chi connectivity index (χ1v) is 9.85. The zero-order valence-corrected chi connectivity index (χ0v) is 15.9. The summed E-state index contributed by atoms with van der Waals surface area (Å²) >= 11 is 1.64. The van der Waals surface area contributed by atoms with Crippen LogP contribution in [0, 0.1) is 12.8 Å². The summed E-state index contributed by atoms with van der Waals surface area (Å²) in [6, 6.07) is 4.23. The van der Waals surface area contributed by atoms with Crippen molar-refractivity contribution in [3.8, 4) is 0 Å². The van der Waals surface area contributed by atoms with E-state index in [1.54, 1.807) is 18.3 Å². The molecular formula is C19H25N3O2S. The number of amides is 1. The van der Waals surface area contributed by atoms with E-state index in [1.807, 2.05) is 6.92 Å². The second-order valence-electron chi connectivity index (χ2n) is 7.64. The highest BCUT2D eigenvalue weighted by Crippen LogP contribution is 2.47. The molecule has 0 aromatic carbocycles. The van der Waals surface area contributed by atoms with E-state index in [2.05, 4.69) is 39.6 Å². The molecule has 2 fully saturated rings. The zero-order chi connectivity index (χ0) is 17.6. The molecule has 0 spiro atoms. The second-order valence-corrected chi connectivity index (χ2v) is 8.50. The van der Waals surface area contributed by atoms with Crippen LogP contribution in [0.25, 0.3) is 0 Å². The van der Waals surface area contributed by atoms with Gasteiger partial charge in [-0.1, -0.05) is 6.92 Å². The summed E-state index contributed by atoms with van der Waals surface area (Å²) < 4.78 is 6.06. The van der Waals surface area contributed by atoms with Crippen LogP contribution in [0.2, 0.25) is 0 Å². The molecule has 1 aliphatic heterocycles. The molecule has 3 atom stereocenters. The van der Waals surface area contributed by atoms with Crippen molar-refractivity contribution in [3.05, 3.63) is 39.7 Å². The third-order valence-electron chi connectivity index (χ3n) is 5.33. The molecule has 3 heterocycles. The third kappa shape index (κ3) is 3.37. The van der Waals surface area contributed by atoms with E-state index in [1.165, 1.54) is 6.42 Å². The van der Waals surface area contributed by atoms with Gasteiger partial charge in [-0.05, 0) is 37.8 Å². The van der Waals surface area contributed by atoms with Crippen LogP contribution >= 0.6 is 11.3 Å². The van der Waals surface area contributed by atoms with Gasteiger partial charge < -0.3 is 9.73 Å². The average Bonchev–Trinajstić information content (AvgIpc) is 2.97. The summed E-state index contributed by atoms with van der Waals surface area (Å²) in [4.78, 5) is 18.8. The van der Waals surface area contributed by atoms with Gasteiger partial charge in [-0.25, -0.2) is 4.98 Å². The minimum Gasteiger partial charge on any atom is -0.464 e. The first-order chi connectivity index (χ1) is 11.9. The molecule has 2 aliphatic rings. The molecule has 1 aliphatic carbocycles. The summed E-state index contributed by atoms with van der Waals surface area (Å²) in [7, 11) is 0. The van der Waals surface area contributed by atoms with Crippen molar-refractivity contribution < 1.29 is 9.21 Å². The van der Waals surface area contributed by atoms with Crippen molar-refractivity contribution in [1.82, 2.24) is 15.2 Å². The number of aryl methyl sites for hydroxylation is 1. The Labute approximate surface area is 152 Å². The number of nitrogens with zero attached hydrogens (tertiary/aromatic N) is 2. The van der Waals surface area contributed by atoms with E-state index >= 15 is 0 Å². The third-order valence-corrected chi connectivity index (χ3v) is 6.49. The van der Waals surface area contributed by atoms with Gasteiger partial charge in [0.2, 0.25) is 5.91 Å². The van der Waals surface area contributed by atoms with Crippen LogP contribution in [0.3, 0.4) is 0 Å². The van der Waals surface area contributed by atoms with Crippen molar-refractivity contribution in [1.29, 1.82) is 0 Å². The molecule has 1 saturated heterocycles. The fraction of sp³-hybridized carbons (Fsp3) is 0.579. The number of aromatic nitrogens is 1. The number of nitrogens with one attached hydrogen (secondary N) is 1. The van der Waals surface area contributed by atoms with Crippen LogP contribution < -0.4 is 5.32 Å². The predicted molar refractivity (Wildman–Crippen MR) is 97.5 cm³/mol. The van der Waals surface area contributed by atoms with Gasteiger partial charge in [-0.15, -0.1) is 11.3 Å². The smallest absolute Gasteiger partial charge is 0.217 e. The number of rotatable bonds is 5. The second kappa shape index (κ2) is 6.25. The minimum atomic E-state index is -0.370. The Kier molecular flexibility index (Phi) is 4.20. The quantitative estimate of drug-likeness (QED) is 0.889. The maximum Gasteiger partial charge on any atom is 0.217 e. The van der Waals surface area contributed by atoms with Gasteiger partial charge in [-0.2, -0.15) is 0 Å². The zero-order valence-electron chi connectivity index (χ0n) is 15.0. The van der Waals surface area contributed by atoms with Crippen LogP contribution in [-0.4, -0.2) is 28.9 Å². The standard InChI is InChI=1S/C19H25N3O2S/c1-12-8-16(12)17-5-4-15(24-17)9-22-7-6-19(11-22,21-14(3)23)18-20-13(2)10-25-18/h4-5,10,12,16H,6-9,11H2,1-3H3,(H,21,23). The van der Waals surface area contributed by atoms with E-state index in [9.17, 15) is 4.79 Å². The summed E-state index contributed by atoms with van der Waals surface area (Å²) in [5.74, 6) is 3.52. The number of hydrogen-bond acceptors (Lipinski definition) is 5. The Morgan fingerprint density at radius 3 is 2.96 bits per heavy atom. The largest absolute Gasteiger partial charge is 0.464 e. The molecule has 25 heavy (non-hydrogen) atoms. The summed E-state index contributed by atoms with van der Waals surface area (Å²) in [6.45, 7) is 8.33. The highest BCUT2D eigenvalue weighted by atomic mass is 32.1. The van der Waals surface area contributed by atoms with Crippen molar-refractivity contribution in [3.63, 3.8) is 0 Å². The van der Waals surface area contributed by atoms with Crippen LogP contribution in [0.4, 0.5) is 0 Å².